The first-order valence-electron chi connectivity index (χ1n) is 11.6. The van der Waals surface area contributed by atoms with E-state index in [1.165, 1.54) is 10.8 Å². The lowest BCUT2D eigenvalue weighted by molar-refractivity contribution is -0.917. The Bertz CT molecular complexity index is 1090. The number of quaternary nitrogens is 1. The number of rotatable bonds is 7. The number of nitriles is 1. The van der Waals surface area contributed by atoms with Gasteiger partial charge in [0.1, 0.15) is 5.60 Å². The number of halogens is 1. The summed E-state index contributed by atoms with van der Waals surface area (Å²) in [7, 11) is 2.30. The largest absolute Gasteiger partial charge is 0.385 e. The average molecular weight is 448 g/mol. The van der Waals surface area contributed by atoms with Gasteiger partial charge >= 0.3 is 0 Å². The third kappa shape index (κ3) is 5.15. The van der Waals surface area contributed by atoms with Crippen LogP contribution in [0.4, 0.5) is 0 Å². The first-order chi connectivity index (χ1) is 15.4. The predicted molar refractivity (Wildman–Crippen MR) is 132 cm³/mol. The fourth-order valence-electron chi connectivity index (χ4n) is 4.99. The Morgan fingerprint density at radius 2 is 1.69 bits per heavy atom. The summed E-state index contributed by atoms with van der Waals surface area (Å²) in [6, 6.07) is 24.8. The SMILES string of the molecule is C[N+]1(CCCCC(C#N)c2ccc3ccccc3c2)CCC(O)(c2ccc(Cl)cc2)CC1. The average Bonchev–Trinajstić information content (AvgIpc) is 2.81. The Labute approximate surface area is 196 Å². The fourth-order valence-corrected chi connectivity index (χ4v) is 5.12. The highest BCUT2D eigenvalue weighted by atomic mass is 35.5. The predicted octanol–water partition coefficient (Wildman–Crippen LogP) is 6.40. The van der Waals surface area contributed by atoms with Crippen molar-refractivity contribution >= 4 is 22.4 Å². The number of benzene rings is 3. The highest BCUT2D eigenvalue weighted by Crippen LogP contribution is 2.36. The van der Waals surface area contributed by atoms with Gasteiger partial charge in [0.25, 0.3) is 0 Å². The van der Waals surface area contributed by atoms with Crippen LogP contribution in [0.25, 0.3) is 10.8 Å². The lowest BCUT2D eigenvalue weighted by Crippen LogP contribution is -2.54. The van der Waals surface area contributed by atoms with Gasteiger partial charge in [0, 0.05) is 17.9 Å². The maximum atomic E-state index is 11.2. The highest BCUT2D eigenvalue weighted by molar-refractivity contribution is 6.30. The number of aliphatic hydroxyl groups is 1. The van der Waals surface area contributed by atoms with Crippen molar-refractivity contribution in [3.8, 4) is 6.07 Å². The second-order valence-corrected chi connectivity index (χ2v) is 10.0. The van der Waals surface area contributed by atoms with Gasteiger partial charge in [-0.3, -0.25) is 0 Å². The van der Waals surface area contributed by atoms with Gasteiger partial charge in [-0.05, 0) is 59.4 Å². The van der Waals surface area contributed by atoms with E-state index >= 15 is 0 Å². The van der Waals surface area contributed by atoms with Gasteiger partial charge < -0.3 is 9.59 Å². The third-order valence-corrected chi connectivity index (χ3v) is 7.54. The molecule has 32 heavy (non-hydrogen) atoms. The molecule has 3 nitrogen and oxygen atoms in total. The molecule has 1 aliphatic heterocycles. The quantitative estimate of drug-likeness (QED) is 0.336. The van der Waals surface area contributed by atoms with Crippen LogP contribution in [0.3, 0.4) is 0 Å². The molecule has 1 heterocycles. The Hall–Kier alpha value is -2.38. The number of piperidine rings is 1. The summed E-state index contributed by atoms with van der Waals surface area (Å²) < 4.78 is 0.989. The lowest BCUT2D eigenvalue weighted by atomic mass is 9.83. The normalized spacial score (nSPS) is 24.2. The second kappa shape index (κ2) is 9.63. The van der Waals surface area contributed by atoms with Crippen molar-refractivity contribution in [3.05, 3.63) is 82.9 Å². The van der Waals surface area contributed by atoms with Crippen molar-refractivity contribution in [1.29, 1.82) is 5.26 Å². The van der Waals surface area contributed by atoms with Crippen LogP contribution in [0, 0.1) is 11.3 Å². The molecule has 3 aromatic rings. The number of hydrogen-bond donors (Lipinski definition) is 1. The smallest absolute Gasteiger partial charge is 0.100 e. The molecule has 0 bridgehead atoms. The molecule has 0 radical (unpaired) electrons. The molecule has 1 N–H and O–H groups in total. The van der Waals surface area contributed by atoms with Crippen LogP contribution in [-0.4, -0.2) is 36.3 Å². The summed E-state index contributed by atoms with van der Waals surface area (Å²) in [6.07, 6.45) is 4.57. The molecule has 0 amide bonds. The molecule has 1 saturated heterocycles. The molecular formula is C28H32ClN2O+. The minimum absolute atomic E-state index is 0.0544. The zero-order valence-electron chi connectivity index (χ0n) is 18.8. The Kier molecular flexibility index (Phi) is 6.86. The van der Waals surface area contributed by atoms with Crippen molar-refractivity contribution in [1.82, 2.24) is 0 Å². The van der Waals surface area contributed by atoms with E-state index in [1.54, 1.807) is 0 Å². The van der Waals surface area contributed by atoms with Crippen LogP contribution in [-0.2, 0) is 5.60 Å². The van der Waals surface area contributed by atoms with Gasteiger partial charge in [0.05, 0.1) is 38.7 Å². The summed E-state index contributed by atoms with van der Waals surface area (Å²) >= 11 is 6.00. The van der Waals surface area contributed by atoms with E-state index in [0.29, 0.717) is 5.02 Å². The number of fused-ring (bicyclic) bond motifs is 1. The van der Waals surface area contributed by atoms with Gasteiger partial charge in [-0.15, -0.1) is 0 Å². The molecule has 4 heteroatoms. The van der Waals surface area contributed by atoms with E-state index in [9.17, 15) is 10.4 Å². The molecule has 3 aromatic carbocycles. The van der Waals surface area contributed by atoms with E-state index in [0.717, 1.165) is 67.3 Å². The van der Waals surface area contributed by atoms with Gasteiger partial charge in [0.15, 0.2) is 0 Å². The van der Waals surface area contributed by atoms with Gasteiger partial charge in [-0.25, -0.2) is 0 Å². The molecule has 1 fully saturated rings. The summed E-state index contributed by atoms with van der Waals surface area (Å²) in [6.45, 7) is 3.02. The Morgan fingerprint density at radius 3 is 2.38 bits per heavy atom. The number of nitrogens with zero attached hydrogens (tertiary/aromatic N) is 2. The maximum Gasteiger partial charge on any atom is 0.100 e. The minimum Gasteiger partial charge on any atom is -0.385 e. The summed E-state index contributed by atoms with van der Waals surface area (Å²) in [5.41, 5.74) is 1.35. The first kappa shape index (κ1) is 22.8. The summed E-state index contributed by atoms with van der Waals surface area (Å²) in [5.74, 6) is -0.0544. The van der Waals surface area contributed by atoms with Crippen LogP contribution >= 0.6 is 11.6 Å². The molecule has 4 rings (SSSR count). The Balaban J connectivity index is 1.28. The Morgan fingerprint density at radius 1 is 1.00 bits per heavy atom. The monoisotopic (exact) mass is 447 g/mol. The summed E-state index contributed by atoms with van der Waals surface area (Å²) in [5, 5.41) is 24.0. The number of unbranched alkanes of at least 4 members (excludes halogenated alkanes) is 1. The number of likely N-dealkylation sites (tertiary alicyclic amines) is 1. The van der Waals surface area contributed by atoms with E-state index in [2.05, 4.69) is 43.4 Å². The van der Waals surface area contributed by atoms with Crippen LogP contribution in [0.15, 0.2) is 66.7 Å². The fraction of sp³-hybridized carbons (Fsp3) is 0.393. The lowest BCUT2D eigenvalue weighted by Gasteiger charge is -2.44. The van der Waals surface area contributed by atoms with Crippen LogP contribution in [0.2, 0.25) is 5.02 Å². The molecule has 0 saturated carbocycles. The molecule has 0 spiro atoms. The van der Waals surface area contributed by atoms with Gasteiger partial charge in [-0.2, -0.15) is 5.26 Å². The van der Waals surface area contributed by atoms with Gasteiger partial charge in [-0.1, -0.05) is 60.1 Å². The number of hydrogen-bond acceptors (Lipinski definition) is 2. The van der Waals surface area contributed by atoms with Crippen LogP contribution in [0.1, 0.15) is 49.1 Å². The third-order valence-electron chi connectivity index (χ3n) is 7.28. The topological polar surface area (TPSA) is 44.0 Å². The highest BCUT2D eigenvalue weighted by Gasteiger charge is 2.40. The van der Waals surface area contributed by atoms with Crippen molar-refractivity contribution in [3.63, 3.8) is 0 Å². The van der Waals surface area contributed by atoms with E-state index in [4.69, 9.17) is 11.6 Å². The molecule has 1 atom stereocenters. The molecule has 0 aliphatic carbocycles. The standard InChI is InChI=1S/C28H32ClN2O/c1-31(18-15-28(32,16-19-31)26-11-13-27(29)14-12-26)17-5-4-8-25(21-30)24-10-9-22-6-2-3-7-23(22)20-24/h2-3,6-7,9-14,20,25,32H,4-5,8,15-19H2,1H3/q+1. The zero-order valence-corrected chi connectivity index (χ0v) is 19.6. The minimum atomic E-state index is -0.746. The van der Waals surface area contributed by atoms with Gasteiger partial charge in [0.2, 0.25) is 0 Å². The molecular weight excluding hydrogens is 416 g/mol. The van der Waals surface area contributed by atoms with Crippen molar-refractivity contribution in [2.45, 2.75) is 43.6 Å². The van der Waals surface area contributed by atoms with Crippen molar-refractivity contribution in [2.24, 2.45) is 0 Å². The molecule has 0 aromatic heterocycles. The summed E-state index contributed by atoms with van der Waals surface area (Å²) in [4.78, 5) is 0. The second-order valence-electron chi connectivity index (χ2n) is 9.61. The van der Waals surface area contributed by atoms with E-state index in [1.807, 2.05) is 36.4 Å². The van der Waals surface area contributed by atoms with E-state index in [-0.39, 0.29) is 5.92 Å². The maximum absolute atomic E-state index is 11.2. The van der Waals surface area contributed by atoms with Crippen LogP contribution in [0.5, 0.6) is 0 Å². The zero-order chi connectivity index (χ0) is 22.6. The molecule has 1 aliphatic rings. The van der Waals surface area contributed by atoms with Crippen molar-refractivity contribution < 1.29 is 9.59 Å². The first-order valence-corrected chi connectivity index (χ1v) is 12.0. The van der Waals surface area contributed by atoms with E-state index < -0.39 is 5.60 Å². The molecule has 166 valence electrons. The molecule has 1 unspecified atom stereocenters. The van der Waals surface area contributed by atoms with Crippen molar-refractivity contribution in [2.75, 3.05) is 26.7 Å². The van der Waals surface area contributed by atoms with Crippen LogP contribution < -0.4 is 0 Å².